The number of halogens is 1. The average molecular weight is 276 g/mol. The van der Waals surface area contributed by atoms with Crippen molar-refractivity contribution in [3.05, 3.63) is 29.8 Å². The number of anilines is 1. The van der Waals surface area contributed by atoms with Gasteiger partial charge in [0, 0.05) is 17.5 Å². The molecule has 4 rings (SSSR count). The maximum Gasteiger partial charge on any atom is 0.228 e. The second kappa shape index (κ2) is 4.24. The number of hydrogen-bond donors (Lipinski definition) is 1. The van der Waals surface area contributed by atoms with Crippen LogP contribution >= 0.6 is 11.6 Å². The van der Waals surface area contributed by atoms with Crippen LogP contribution in [0.4, 0.5) is 5.69 Å². The van der Waals surface area contributed by atoms with E-state index in [0.29, 0.717) is 17.7 Å². The summed E-state index contributed by atoms with van der Waals surface area (Å²) < 4.78 is 0. The van der Waals surface area contributed by atoms with E-state index in [1.165, 1.54) is 19.3 Å². The monoisotopic (exact) mass is 275 g/mol. The molecule has 100 valence electrons. The maximum absolute atomic E-state index is 12.4. The number of rotatable bonds is 3. The molecule has 3 aliphatic carbocycles. The van der Waals surface area contributed by atoms with Crippen LogP contribution in [0.2, 0.25) is 0 Å². The third-order valence-corrected chi connectivity index (χ3v) is 5.75. The molecule has 4 unspecified atom stereocenters. The second-order valence-electron chi connectivity index (χ2n) is 6.29. The molecule has 0 saturated heterocycles. The molecule has 2 bridgehead atoms. The summed E-state index contributed by atoms with van der Waals surface area (Å²) in [6.45, 7) is 0. The van der Waals surface area contributed by atoms with Crippen LogP contribution in [-0.4, -0.2) is 5.91 Å². The van der Waals surface area contributed by atoms with E-state index in [4.69, 9.17) is 11.6 Å². The number of fused-ring (bicyclic) bond motifs is 5. The molecular formula is C16H18ClNO. The minimum atomic E-state index is 0.226. The first kappa shape index (κ1) is 11.8. The summed E-state index contributed by atoms with van der Waals surface area (Å²) >= 11 is 5.91. The number of nitrogens with one attached hydrogen (secondary N) is 1. The van der Waals surface area contributed by atoms with Crippen molar-refractivity contribution in [1.29, 1.82) is 0 Å². The molecule has 4 atom stereocenters. The third-order valence-electron chi connectivity index (χ3n) is 5.46. The lowest BCUT2D eigenvalue weighted by Gasteiger charge is -2.11. The number of benzene rings is 1. The van der Waals surface area contributed by atoms with E-state index in [1.807, 2.05) is 24.3 Å². The minimum Gasteiger partial charge on any atom is -0.326 e. The van der Waals surface area contributed by atoms with Gasteiger partial charge in [-0.15, -0.1) is 11.6 Å². The van der Waals surface area contributed by atoms with Gasteiger partial charge >= 0.3 is 0 Å². The van der Waals surface area contributed by atoms with Gasteiger partial charge in [0.2, 0.25) is 5.91 Å². The average Bonchev–Trinajstić information content (AvgIpc) is 2.88. The van der Waals surface area contributed by atoms with Crippen molar-refractivity contribution < 1.29 is 4.79 Å². The van der Waals surface area contributed by atoms with Crippen molar-refractivity contribution in [3.63, 3.8) is 0 Å². The van der Waals surface area contributed by atoms with Crippen molar-refractivity contribution in [3.8, 4) is 0 Å². The SMILES string of the molecule is O=C(Nc1ccccc1CCl)C1C2C3CCC(C3)C12. The molecular weight excluding hydrogens is 258 g/mol. The van der Waals surface area contributed by atoms with Crippen LogP contribution in [0.25, 0.3) is 0 Å². The summed E-state index contributed by atoms with van der Waals surface area (Å²) in [5.74, 6) is 4.03. The molecule has 0 spiro atoms. The van der Waals surface area contributed by atoms with Crippen molar-refractivity contribution in [2.45, 2.75) is 25.1 Å². The highest BCUT2D eigenvalue weighted by Gasteiger charge is 2.67. The van der Waals surface area contributed by atoms with Gasteiger partial charge in [0.25, 0.3) is 0 Å². The normalized spacial score (nSPS) is 38.1. The Morgan fingerprint density at radius 1 is 1.21 bits per heavy atom. The molecule has 0 heterocycles. The first-order valence-corrected chi connectivity index (χ1v) is 7.78. The molecule has 3 heteroatoms. The summed E-state index contributed by atoms with van der Waals surface area (Å²) in [5, 5.41) is 3.10. The lowest BCUT2D eigenvalue weighted by molar-refractivity contribution is -0.118. The molecule has 0 aromatic heterocycles. The minimum absolute atomic E-state index is 0.226. The molecule has 3 saturated carbocycles. The van der Waals surface area contributed by atoms with Crippen LogP contribution in [0, 0.1) is 29.6 Å². The number of hydrogen-bond acceptors (Lipinski definition) is 1. The van der Waals surface area contributed by atoms with Gasteiger partial charge in [0.15, 0.2) is 0 Å². The Morgan fingerprint density at radius 2 is 1.89 bits per heavy atom. The Morgan fingerprint density at radius 3 is 2.58 bits per heavy atom. The molecule has 1 amide bonds. The lowest BCUT2D eigenvalue weighted by atomic mass is 10.0. The van der Waals surface area contributed by atoms with Crippen molar-refractivity contribution in [2.75, 3.05) is 5.32 Å². The van der Waals surface area contributed by atoms with Crippen LogP contribution in [0.3, 0.4) is 0 Å². The molecule has 19 heavy (non-hydrogen) atoms. The van der Waals surface area contributed by atoms with E-state index < -0.39 is 0 Å². The van der Waals surface area contributed by atoms with Crippen LogP contribution in [0.1, 0.15) is 24.8 Å². The quantitative estimate of drug-likeness (QED) is 0.838. The predicted octanol–water partition coefficient (Wildman–Crippen LogP) is 3.66. The molecule has 3 fully saturated rings. The molecule has 0 aliphatic heterocycles. The summed E-state index contributed by atoms with van der Waals surface area (Å²) in [7, 11) is 0. The van der Waals surface area contributed by atoms with Gasteiger partial charge in [-0.1, -0.05) is 18.2 Å². The van der Waals surface area contributed by atoms with Gasteiger partial charge in [0.1, 0.15) is 0 Å². The standard InChI is InChI=1S/C16H18ClNO/c17-8-11-3-1-2-4-12(11)18-16(19)15-13-9-5-6-10(7-9)14(13)15/h1-4,9-10,13-15H,5-8H2,(H,18,19). The summed E-state index contributed by atoms with van der Waals surface area (Å²) in [6.07, 6.45) is 4.10. The van der Waals surface area contributed by atoms with Gasteiger partial charge in [-0.3, -0.25) is 4.79 Å². The zero-order chi connectivity index (χ0) is 13.0. The van der Waals surface area contributed by atoms with Gasteiger partial charge < -0.3 is 5.32 Å². The van der Waals surface area contributed by atoms with Gasteiger partial charge in [-0.05, 0) is 54.6 Å². The van der Waals surface area contributed by atoms with Gasteiger partial charge in [-0.2, -0.15) is 0 Å². The zero-order valence-corrected chi connectivity index (χ0v) is 11.6. The molecule has 1 aromatic carbocycles. The topological polar surface area (TPSA) is 29.1 Å². The summed E-state index contributed by atoms with van der Waals surface area (Å²) in [6, 6.07) is 7.82. The first-order valence-electron chi connectivity index (χ1n) is 7.24. The number of alkyl halides is 1. The second-order valence-corrected chi connectivity index (χ2v) is 6.56. The van der Waals surface area contributed by atoms with Crippen LogP contribution in [0.15, 0.2) is 24.3 Å². The number of amides is 1. The molecule has 1 N–H and O–H groups in total. The van der Waals surface area contributed by atoms with E-state index in [-0.39, 0.29) is 11.8 Å². The number of carbonyl (C=O) groups excluding carboxylic acids is 1. The lowest BCUT2D eigenvalue weighted by Crippen LogP contribution is -2.19. The van der Waals surface area contributed by atoms with E-state index in [1.54, 1.807) is 0 Å². The zero-order valence-electron chi connectivity index (χ0n) is 10.8. The Balaban J connectivity index is 1.48. The van der Waals surface area contributed by atoms with Crippen LogP contribution < -0.4 is 5.32 Å². The van der Waals surface area contributed by atoms with E-state index in [2.05, 4.69) is 5.32 Å². The van der Waals surface area contributed by atoms with E-state index >= 15 is 0 Å². The van der Waals surface area contributed by atoms with Crippen molar-refractivity contribution in [1.82, 2.24) is 0 Å². The Kier molecular flexibility index (Phi) is 2.63. The van der Waals surface area contributed by atoms with Gasteiger partial charge in [-0.25, -0.2) is 0 Å². The Hall–Kier alpha value is -1.02. The Bertz CT molecular complexity index is 513. The highest BCUT2D eigenvalue weighted by Crippen LogP contribution is 2.69. The highest BCUT2D eigenvalue weighted by atomic mass is 35.5. The first-order chi connectivity index (χ1) is 9.29. The summed E-state index contributed by atoms with van der Waals surface area (Å²) in [5.41, 5.74) is 1.89. The van der Waals surface area contributed by atoms with Crippen molar-refractivity contribution in [2.24, 2.45) is 29.6 Å². The molecule has 3 aliphatic rings. The van der Waals surface area contributed by atoms with Gasteiger partial charge in [0.05, 0.1) is 0 Å². The summed E-state index contributed by atoms with van der Waals surface area (Å²) in [4.78, 5) is 12.4. The fourth-order valence-electron chi connectivity index (χ4n) is 4.65. The smallest absolute Gasteiger partial charge is 0.228 e. The number of carbonyl (C=O) groups is 1. The molecule has 1 aromatic rings. The fraction of sp³-hybridized carbons (Fsp3) is 0.562. The van der Waals surface area contributed by atoms with E-state index in [0.717, 1.165) is 23.1 Å². The Labute approximate surface area is 118 Å². The third kappa shape index (κ3) is 1.73. The van der Waals surface area contributed by atoms with Crippen LogP contribution in [0.5, 0.6) is 0 Å². The molecule has 2 nitrogen and oxygen atoms in total. The van der Waals surface area contributed by atoms with Crippen LogP contribution in [-0.2, 0) is 10.7 Å². The fourth-order valence-corrected chi connectivity index (χ4v) is 4.88. The highest BCUT2D eigenvalue weighted by molar-refractivity contribution is 6.17. The van der Waals surface area contributed by atoms with E-state index in [9.17, 15) is 4.79 Å². The maximum atomic E-state index is 12.4. The van der Waals surface area contributed by atoms with Crippen molar-refractivity contribution >= 4 is 23.2 Å². The largest absolute Gasteiger partial charge is 0.326 e. The molecule has 0 radical (unpaired) electrons. The number of para-hydroxylation sites is 1. The predicted molar refractivity (Wildman–Crippen MR) is 75.9 cm³/mol.